The number of halogens is 2. The molecule has 0 bridgehead atoms. The number of nitrogens with zero attached hydrogens (tertiary/aromatic N) is 3. The first-order valence-corrected chi connectivity index (χ1v) is 8.05. The Hall–Kier alpha value is -2.91. The smallest absolute Gasteiger partial charge is 0.227 e. The summed E-state index contributed by atoms with van der Waals surface area (Å²) in [5, 5.41) is 16.7. The van der Waals surface area contributed by atoms with Crippen LogP contribution in [0.5, 0.6) is 0 Å². The molecule has 0 unspecified atom stereocenters. The van der Waals surface area contributed by atoms with Gasteiger partial charge in [0.2, 0.25) is 11.7 Å². The largest absolute Gasteiger partial charge is 0.384 e. The second-order valence-electron chi connectivity index (χ2n) is 5.35. The molecule has 0 aliphatic carbocycles. The second-order valence-corrected chi connectivity index (χ2v) is 5.79. The van der Waals surface area contributed by atoms with E-state index in [0.717, 1.165) is 12.1 Å². The Morgan fingerprint density at radius 3 is 2.76 bits per heavy atom. The van der Waals surface area contributed by atoms with Gasteiger partial charge in [0.15, 0.2) is 0 Å². The molecule has 1 heterocycles. The highest BCUT2D eigenvalue weighted by molar-refractivity contribution is 6.30. The van der Waals surface area contributed by atoms with Crippen molar-refractivity contribution >= 4 is 17.3 Å². The average Bonchev–Trinajstić information content (AvgIpc) is 3.09. The summed E-state index contributed by atoms with van der Waals surface area (Å²) in [4.78, 5) is 4.30. The number of aromatic nitrogens is 2. The van der Waals surface area contributed by atoms with Crippen LogP contribution >= 0.6 is 11.6 Å². The van der Waals surface area contributed by atoms with Gasteiger partial charge < -0.3 is 9.84 Å². The van der Waals surface area contributed by atoms with E-state index in [2.05, 4.69) is 21.5 Å². The number of anilines is 1. The van der Waals surface area contributed by atoms with Gasteiger partial charge in [-0.05, 0) is 48.9 Å². The molecule has 3 rings (SSSR count). The molecule has 0 amide bonds. The second kappa shape index (κ2) is 7.77. The van der Waals surface area contributed by atoms with Crippen LogP contribution in [0.4, 0.5) is 10.1 Å². The van der Waals surface area contributed by atoms with E-state index in [4.69, 9.17) is 21.4 Å². The maximum Gasteiger partial charge on any atom is 0.227 e. The summed E-state index contributed by atoms with van der Waals surface area (Å²) in [6, 6.07) is 13.2. The molecule has 126 valence electrons. The van der Waals surface area contributed by atoms with Crippen molar-refractivity contribution in [3.05, 3.63) is 64.8 Å². The van der Waals surface area contributed by atoms with Crippen molar-refractivity contribution < 1.29 is 8.91 Å². The summed E-state index contributed by atoms with van der Waals surface area (Å²) in [6.45, 7) is 0.643. The molecule has 5 nitrogen and oxygen atoms in total. The van der Waals surface area contributed by atoms with E-state index in [1.54, 1.807) is 30.3 Å². The van der Waals surface area contributed by atoms with Crippen molar-refractivity contribution in [3.63, 3.8) is 0 Å². The molecule has 0 saturated heterocycles. The fraction of sp³-hybridized carbons (Fsp3) is 0.167. The normalized spacial score (nSPS) is 10.4. The van der Waals surface area contributed by atoms with Gasteiger partial charge in [-0.3, -0.25) is 0 Å². The van der Waals surface area contributed by atoms with E-state index in [1.807, 2.05) is 0 Å². The standard InChI is InChI=1S/C18H14ClFN4O/c19-14-5-8-16(13(10-14)11-21)22-9-1-2-17-23-18(24-25-17)12-3-6-15(20)7-4-12/h3-8,10,22H,1-2,9H2. The highest BCUT2D eigenvalue weighted by Gasteiger charge is 2.09. The van der Waals surface area contributed by atoms with Crippen LogP contribution < -0.4 is 5.32 Å². The molecule has 0 aliphatic rings. The van der Waals surface area contributed by atoms with Gasteiger partial charge in [0, 0.05) is 23.6 Å². The topological polar surface area (TPSA) is 74.7 Å². The van der Waals surface area contributed by atoms with Crippen molar-refractivity contribution in [2.45, 2.75) is 12.8 Å². The molecule has 7 heteroatoms. The fourth-order valence-corrected chi connectivity index (χ4v) is 2.47. The summed E-state index contributed by atoms with van der Waals surface area (Å²) >= 11 is 5.87. The van der Waals surface area contributed by atoms with Crippen LogP contribution in [0, 0.1) is 17.1 Å². The highest BCUT2D eigenvalue weighted by atomic mass is 35.5. The van der Waals surface area contributed by atoms with E-state index in [0.29, 0.717) is 40.8 Å². The van der Waals surface area contributed by atoms with Gasteiger partial charge in [0.25, 0.3) is 0 Å². The molecule has 0 radical (unpaired) electrons. The number of hydrogen-bond acceptors (Lipinski definition) is 5. The van der Waals surface area contributed by atoms with E-state index in [1.165, 1.54) is 12.1 Å². The number of hydrogen-bond donors (Lipinski definition) is 1. The van der Waals surface area contributed by atoms with Crippen molar-refractivity contribution in [1.29, 1.82) is 5.26 Å². The third-order valence-corrected chi connectivity index (χ3v) is 3.79. The molecule has 0 spiro atoms. The van der Waals surface area contributed by atoms with E-state index in [-0.39, 0.29) is 5.82 Å². The van der Waals surface area contributed by atoms with Crippen LogP contribution in [0.2, 0.25) is 5.02 Å². The Labute approximate surface area is 149 Å². The minimum Gasteiger partial charge on any atom is -0.384 e. The van der Waals surface area contributed by atoms with E-state index >= 15 is 0 Å². The highest BCUT2D eigenvalue weighted by Crippen LogP contribution is 2.20. The molecule has 2 aromatic carbocycles. The Morgan fingerprint density at radius 1 is 1.20 bits per heavy atom. The first-order valence-electron chi connectivity index (χ1n) is 7.68. The number of aryl methyl sites for hydroxylation is 1. The molecular formula is C18H14ClFN4O. The van der Waals surface area contributed by atoms with Crippen molar-refractivity contribution in [2.75, 3.05) is 11.9 Å². The minimum absolute atomic E-state index is 0.308. The maximum absolute atomic E-state index is 12.9. The Bertz CT molecular complexity index is 902. The van der Waals surface area contributed by atoms with Crippen LogP contribution in [0.15, 0.2) is 47.0 Å². The van der Waals surface area contributed by atoms with E-state index in [9.17, 15) is 4.39 Å². The third kappa shape index (κ3) is 4.34. The molecule has 0 aliphatic heterocycles. The number of benzene rings is 2. The van der Waals surface area contributed by atoms with Crippen LogP contribution in [0.25, 0.3) is 11.4 Å². The zero-order chi connectivity index (χ0) is 17.6. The van der Waals surface area contributed by atoms with Crippen LogP contribution in [0.1, 0.15) is 17.9 Å². The van der Waals surface area contributed by atoms with Crippen molar-refractivity contribution in [2.24, 2.45) is 0 Å². The summed E-state index contributed by atoms with van der Waals surface area (Å²) in [5.74, 6) is 0.641. The molecule has 1 aromatic heterocycles. The number of rotatable bonds is 6. The van der Waals surface area contributed by atoms with Crippen LogP contribution in [-0.4, -0.2) is 16.7 Å². The quantitative estimate of drug-likeness (QED) is 0.660. The predicted molar refractivity (Wildman–Crippen MR) is 92.7 cm³/mol. The lowest BCUT2D eigenvalue weighted by molar-refractivity contribution is 0.377. The molecule has 25 heavy (non-hydrogen) atoms. The zero-order valence-corrected chi connectivity index (χ0v) is 13.9. The summed E-state index contributed by atoms with van der Waals surface area (Å²) in [5.41, 5.74) is 1.95. The van der Waals surface area contributed by atoms with Crippen molar-refractivity contribution in [1.82, 2.24) is 10.1 Å². The Morgan fingerprint density at radius 2 is 2.00 bits per heavy atom. The molecule has 3 aromatic rings. The summed E-state index contributed by atoms with van der Waals surface area (Å²) in [7, 11) is 0. The Balaban J connectivity index is 1.53. The maximum atomic E-state index is 12.9. The molecular weight excluding hydrogens is 343 g/mol. The summed E-state index contributed by atoms with van der Waals surface area (Å²) in [6.07, 6.45) is 1.34. The van der Waals surface area contributed by atoms with Crippen LogP contribution in [0.3, 0.4) is 0 Å². The first-order chi connectivity index (χ1) is 12.2. The van der Waals surface area contributed by atoms with Gasteiger partial charge in [-0.2, -0.15) is 10.2 Å². The zero-order valence-electron chi connectivity index (χ0n) is 13.2. The molecule has 1 N–H and O–H groups in total. The monoisotopic (exact) mass is 356 g/mol. The van der Waals surface area contributed by atoms with Gasteiger partial charge in [-0.1, -0.05) is 16.8 Å². The van der Waals surface area contributed by atoms with Gasteiger partial charge in [0.1, 0.15) is 11.9 Å². The lowest BCUT2D eigenvalue weighted by Gasteiger charge is -2.07. The summed E-state index contributed by atoms with van der Waals surface area (Å²) < 4.78 is 18.1. The molecule has 0 saturated carbocycles. The lowest BCUT2D eigenvalue weighted by atomic mass is 10.2. The number of nitrogens with one attached hydrogen (secondary N) is 1. The SMILES string of the molecule is N#Cc1cc(Cl)ccc1NCCCc1nc(-c2ccc(F)cc2)no1. The van der Waals surface area contributed by atoms with Gasteiger partial charge in [-0.25, -0.2) is 4.39 Å². The third-order valence-electron chi connectivity index (χ3n) is 3.56. The van der Waals surface area contributed by atoms with Crippen LogP contribution in [-0.2, 0) is 6.42 Å². The predicted octanol–water partition coefficient (Wildman–Crippen LogP) is 4.45. The van der Waals surface area contributed by atoms with Gasteiger partial charge in [-0.15, -0.1) is 0 Å². The van der Waals surface area contributed by atoms with Gasteiger partial charge >= 0.3 is 0 Å². The molecule has 0 fully saturated rings. The van der Waals surface area contributed by atoms with Crippen molar-refractivity contribution in [3.8, 4) is 17.5 Å². The van der Waals surface area contributed by atoms with Gasteiger partial charge in [0.05, 0.1) is 11.3 Å². The first kappa shape index (κ1) is 16.9. The Kier molecular flexibility index (Phi) is 5.26. The molecule has 0 atom stereocenters. The lowest BCUT2D eigenvalue weighted by Crippen LogP contribution is -2.04. The fourth-order valence-electron chi connectivity index (χ4n) is 2.30. The number of nitriles is 1. The average molecular weight is 357 g/mol. The van der Waals surface area contributed by atoms with E-state index < -0.39 is 0 Å². The minimum atomic E-state index is -0.308.